The van der Waals surface area contributed by atoms with Crippen LogP contribution in [-0.2, 0) is 28.6 Å². The van der Waals surface area contributed by atoms with E-state index in [0.717, 1.165) is 57.8 Å². The third kappa shape index (κ3) is 43.4. The molecule has 6 nitrogen and oxygen atoms in total. The predicted octanol–water partition coefficient (Wildman–Crippen LogP) is 15.6. The monoisotopic (exact) mass is 779 g/mol. The van der Waals surface area contributed by atoms with E-state index < -0.39 is 6.10 Å². The molecule has 0 saturated carbocycles. The number of unbranched alkanes of at least 4 members (excludes halogenated alkanes) is 34. The molecule has 0 heterocycles. The van der Waals surface area contributed by atoms with Gasteiger partial charge in [-0.2, -0.15) is 0 Å². The maximum Gasteiger partial charge on any atom is 0.306 e. The molecule has 1 atom stereocenters. The van der Waals surface area contributed by atoms with Crippen molar-refractivity contribution in [3.8, 4) is 0 Å². The molecule has 0 rings (SSSR count). The normalized spacial score (nSPS) is 11.8. The van der Waals surface area contributed by atoms with Crippen molar-refractivity contribution in [1.29, 1.82) is 0 Å². The van der Waals surface area contributed by atoms with Gasteiger partial charge in [0, 0.05) is 19.3 Å². The first-order valence-electron chi connectivity index (χ1n) is 24.5. The Hall–Kier alpha value is -1.59. The number of ether oxygens (including phenoxy) is 3. The summed E-state index contributed by atoms with van der Waals surface area (Å²) in [6.45, 7) is 6.64. The standard InChI is InChI=1S/C49H94O6/c1-4-7-10-13-16-19-21-22-23-24-25-26-27-28-31-33-36-39-42-48(51)54-45-46(44-53-47(50)41-38-35-32-29-18-15-12-9-6-3)55-49(52)43-40-37-34-30-20-17-14-11-8-5-2/h46H,4-45H2,1-3H3. The zero-order valence-corrected chi connectivity index (χ0v) is 37.2. The lowest BCUT2D eigenvalue weighted by Crippen LogP contribution is -2.30. The van der Waals surface area contributed by atoms with Gasteiger partial charge in [0.2, 0.25) is 0 Å². The smallest absolute Gasteiger partial charge is 0.306 e. The number of hydrogen-bond acceptors (Lipinski definition) is 6. The first kappa shape index (κ1) is 53.4. The number of carbonyl (C=O) groups excluding carboxylic acids is 3. The van der Waals surface area contributed by atoms with Crippen LogP contribution in [0.25, 0.3) is 0 Å². The lowest BCUT2D eigenvalue weighted by molar-refractivity contribution is -0.167. The molecule has 0 fully saturated rings. The third-order valence-electron chi connectivity index (χ3n) is 11.1. The van der Waals surface area contributed by atoms with E-state index in [1.807, 2.05) is 0 Å². The van der Waals surface area contributed by atoms with Crippen molar-refractivity contribution in [3.63, 3.8) is 0 Å². The van der Waals surface area contributed by atoms with E-state index in [0.29, 0.717) is 19.3 Å². The minimum Gasteiger partial charge on any atom is -0.462 e. The Kier molecular flexibility index (Phi) is 43.8. The van der Waals surface area contributed by atoms with Crippen LogP contribution in [0.2, 0.25) is 0 Å². The SMILES string of the molecule is CCCCCCCCCCCCCCCCCCCCC(=O)OCC(COC(=O)CCCCCCCCCCC)OC(=O)CCCCCCCCCCCC. The van der Waals surface area contributed by atoms with Crippen molar-refractivity contribution in [2.24, 2.45) is 0 Å². The van der Waals surface area contributed by atoms with Gasteiger partial charge in [0.1, 0.15) is 13.2 Å². The second-order valence-electron chi connectivity index (χ2n) is 16.7. The molecule has 0 N–H and O–H groups in total. The van der Waals surface area contributed by atoms with Gasteiger partial charge in [-0.25, -0.2) is 0 Å². The average molecular weight is 779 g/mol. The molecule has 0 aromatic rings. The van der Waals surface area contributed by atoms with Crippen LogP contribution in [0.15, 0.2) is 0 Å². The van der Waals surface area contributed by atoms with E-state index in [1.54, 1.807) is 0 Å². The van der Waals surface area contributed by atoms with Crippen LogP contribution < -0.4 is 0 Å². The largest absolute Gasteiger partial charge is 0.462 e. The van der Waals surface area contributed by atoms with Crippen molar-refractivity contribution in [2.75, 3.05) is 13.2 Å². The zero-order chi connectivity index (χ0) is 40.1. The summed E-state index contributed by atoms with van der Waals surface area (Å²) in [4.78, 5) is 37.7. The highest BCUT2D eigenvalue weighted by atomic mass is 16.6. The van der Waals surface area contributed by atoms with Crippen LogP contribution in [0.3, 0.4) is 0 Å². The summed E-state index contributed by atoms with van der Waals surface area (Å²) in [6.07, 6.45) is 46.6. The van der Waals surface area contributed by atoms with Crippen LogP contribution in [0.1, 0.15) is 278 Å². The fraction of sp³-hybridized carbons (Fsp3) is 0.939. The first-order valence-corrected chi connectivity index (χ1v) is 24.5. The highest BCUT2D eigenvalue weighted by molar-refractivity contribution is 5.71. The van der Waals surface area contributed by atoms with Gasteiger partial charge in [-0.1, -0.05) is 239 Å². The Morgan fingerprint density at radius 3 is 0.727 bits per heavy atom. The Labute approximate surface area is 342 Å². The molecule has 0 aromatic heterocycles. The summed E-state index contributed by atoms with van der Waals surface area (Å²) in [6, 6.07) is 0. The van der Waals surface area contributed by atoms with E-state index in [1.165, 1.54) is 180 Å². The molecule has 0 amide bonds. The average Bonchev–Trinajstić information content (AvgIpc) is 3.18. The Morgan fingerprint density at radius 2 is 0.491 bits per heavy atom. The highest BCUT2D eigenvalue weighted by Crippen LogP contribution is 2.16. The molecule has 0 aromatic carbocycles. The van der Waals surface area contributed by atoms with Crippen LogP contribution in [0.5, 0.6) is 0 Å². The fourth-order valence-electron chi connectivity index (χ4n) is 7.38. The molecule has 0 saturated heterocycles. The Morgan fingerprint density at radius 1 is 0.291 bits per heavy atom. The topological polar surface area (TPSA) is 78.9 Å². The Balaban J connectivity index is 4.20. The van der Waals surface area contributed by atoms with Crippen molar-refractivity contribution >= 4 is 17.9 Å². The van der Waals surface area contributed by atoms with Crippen LogP contribution in [-0.4, -0.2) is 37.2 Å². The molecular formula is C49H94O6. The van der Waals surface area contributed by atoms with Gasteiger partial charge in [0.05, 0.1) is 0 Å². The number of carbonyl (C=O) groups is 3. The quantitative estimate of drug-likeness (QED) is 0.0348. The van der Waals surface area contributed by atoms with Gasteiger partial charge in [0.25, 0.3) is 0 Å². The van der Waals surface area contributed by atoms with E-state index in [4.69, 9.17) is 14.2 Å². The van der Waals surface area contributed by atoms with Gasteiger partial charge in [-0.05, 0) is 19.3 Å². The summed E-state index contributed by atoms with van der Waals surface area (Å²) >= 11 is 0. The summed E-state index contributed by atoms with van der Waals surface area (Å²) in [7, 11) is 0. The molecule has 55 heavy (non-hydrogen) atoms. The summed E-state index contributed by atoms with van der Waals surface area (Å²) in [5.41, 5.74) is 0. The summed E-state index contributed by atoms with van der Waals surface area (Å²) in [5.74, 6) is -0.851. The Bertz CT molecular complexity index is 813. The fourth-order valence-corrected chi connectivity index (χ4v) is 7.38. The zero-order valence-electron chi connectivity index (χ0n) is 37.2. The highest BCUT2D eigenvalue weighted by Gasteiger charge is 2.19. The second kappa shape index (κ2) is 45.1. The van der Waals surface area contributed by atoms with Crippen molar-refractivity contribution in [1.82, 2.24) is 0 Å². The van der Waals surface area contributed by atoms with Gasteiger partial charge in [0.15, 0.2) is 6.10 Å². The van der Waals surface area contributed by atoms with Crippen molar-refractivity contribution in [3.05, 3.63) is 0 Å². The summed E-state index contributed by atoms with van der Waals surface area (Å²) in [5, 5.41) is 0. The van der Waals surface area contributed by atoms with Crippen molar-refractivity contribution in [2.45, 2.75) is 284 Å². The molecule has 0 aliphatic rings. The molecule has 0 aliphatic heterocycles. The maximum atomic E-state index is 12.7. The van der Waals surface area contributed by atoms with Crippen LogP contribution >= 0.6 is 0 Å². The van der Waals surface area contributed by atoms with Gasteiger partial charge < -0.3 is 14.2 Å². The molecule has 1 unspecified atom stereocenters. The second-order valence-corrected chi connectivity index (χ2v) is 16.7. The lowest BCUT2D eigenvalue weighted by Gasteiger charge is -2.18. The third-order valence-corrected chi connectivity index (χ3v) is 11.1. The predicted molar refractivity (Wildman–Crippen MR) is 233 cm³/mol. The first-order chi connectivity index (χ1) is 27.0. The van der Waals surface area contributed by atoms with Gasteiger partial charge in [-0.3, -0.25) is 14.4 Å². The van der Waals surface area contributed by atoms with Gasteiger partial charge in [-0.15, -0.1) is 0 Å². The lowest BCUT2D eigenvalue weighted by atomic mass is 10.0. The maximum absolute atomic E-state index is 12.7. The van der Waals surface area contributed by atoms with Crippen LogP contribution in [0, 0.1) is 0 Å². The minimum atomic E-state index is -0.757. The van der Waals surface area contributed by atoms with Gasteiger partial charge >= 0.3 is 17.9 Å². The number of hydrogen-bond donors (Lipinski definition) is 0. The van der Waals surface area contributed by atoms with E-state index in [2.05, 4.69) is 20.8 Å². The molecular weight excluding hydrogens is 685 g/mol. The molecule has 6 heteroatoms. The molecule has 0 aliphatic carbocycles. The molecule has 0 radical (unpaired) electrons. The molecule has 0 bridgehead atoms. The van der Waals surface area contributed by atoms with E-state index >= 15 is 0 Å². The molecule has 326 valence electrons. The summed E-state index contributed by atoms with van der Waals surface area (Å²) < 4.78 is 16.7. The molecule has 0 spiro atoms. The minimum absolute atomic E-state index is 0.0625. The van der Waals surface area contributed by atoms with E-state index in [9.17, 15) is 14.4 Å². The van der Waals surface area contributed by atoms with Crippen molar-refractivity contribution < 1.29 is 28.6 Å². The number of rotatable bonds is 45. The number of esters is 3. The van der Waals surface area contributed by atoms with E-state index in [-0.39, 0.29) is 31.1 Å². The van der Waals surface area contributed by atoms with Crippen LogP contribution in [0.4, 0.5) is 0 Å².